The lowest BCUT2D eigenvalue weighted by molar-refractivity contribution is -0.140. The first-order valence-corrected chi connectivity index (χ1v) is 6.55. The number of hydrogen-bond acceptors (Lipinski definition) is 3. The van der Waals surface area contributed by atoms with Gasteiger partial charge in [-0.15, -0.1) is 11.8 Å². The summed E-state index contributed by atoms with van der Waals surface area (Å²) in [5, 5.41) is 11.2. The smallest absolute Gasteiger partial charge is 0.397 e. The van der Waals surface area contributed by atoms with Crippen LogP contribution in [-0.2, 0) is 9.59 Å². The van der Waals surface area contributed by atoms with Gasteiger partial charge in [0.15, 0.2) is 0 Å². The van der Waals surface area contributed by atoms with E-state index in [0.29, 0.717) is 24.6 Å². The molecule has 104 valence electrons. The van der Waals surface area contributed by atoms with Crippen LogP contribution in [0.2, 0.25) is 0 Å². The number of carbonyl (C=O) groups is 2. The molecular formula is C10H14F3NO3S. The van der Waals surface area contributed by atoms with Crippen molar-refractivity contribution >= 4 is 23.6 Å². The van der Waals surface area contributed by atoms with Crippen molar-refractivity contribution in [3.05, 3.63) is 0 Å². The first-order valence-electron chi connectivity index (χ1n) is 5.40. The van der Waals surface area contributed by atoms with Crippen LogP contribution in [0.15, 0.2) is 0 Å². The Morgan fingerprint density at radius 3 is 2.33 bits per heavy atom. The number of amides is 1. The number of carboxylic acids is 1. The number of carboxylic acid groups (broad SMARTS) is 1. The fourth-order valence-corrected chi connectivity index (χ4v) is 2.42. The summed E-state index contributed by atoms with van der Waals surface area (Å²) >= 11 is 0.478. The topological polar surface area (TPSA) is 66.4 Å². The first kappa shape index (κ1) is 15.1. The van der Waals surface area contributed by atoms with Gasteiger partial charge in [-0.2, -0.15) is 13.2 Å². The standard InChI is InChI=1S/C10H14F3NO3S/c11-10(12,13)6-18-5-7(15)14-9(2-1-3-9)4-8(16)17/h1-6H2,(H,14,15)(H,16,17). The number of nitrogens with one attached hydrogen (secondary N) is 1. The Bertz CT molecular complexity index is 329. The number of carbonyl (C=O) groups excluding carboxylic acids is 1. The molecule has 0 spiro atoms. The van der Waals surface area contributed by atoms with Crippen LogP contribution in [0.5, 0.6) is 0 Å². The Morgan fingerprint density at radius 2 is 1.94 bits per heavy atom. The fourth-order valence-electron chi connectivity index (χ4n) is 1.83. The molecule has 1 saturated carbocycles. The van der Waals surface area contributed by atoms with Crippen LogP contribution in [0, 0.1) is 0 Å². The summed E-state index contributed by atoms with van der Waals surface area (Å²) in [6.07, 6.45) is -2.52. The molecular weight excluding hydrogens is 271 g/mol. The number of alkyl halides is 3. The van der Waals surface area contributed by atoms with Gasteiger partial charge in [-0.3, -0.25) is 9.59 Å². The fraction of sp³-hybridized carbons (Fsp3) is 0.800. The van der Waals surface area contributed by atoms with E-state index in [1.807, 2.05) is 0 Å². The average molecular weight is 285 g/mol. The van der Waals surface area contributed by atoms with Gasteiger partial charge in [-0.1, -0.05) is 0 Å². The van der Waals surface area contributed by atoms with Gasteiger partial charge < -0.3 is 10.4 Å². The monoisotopic (exact) mass is 285 g/mol. The maximum Gasteiger partial charge on any atom is 0.397 e. The second-order valence-electron chi connectivity index (χ2n) is 4.36. The molecule has 2 N–H and O–H groups in total. The van der Waals surface area contributed by atoms with E-state index in [1.54, 1.807) is 0 Å². The number of rotatable bonds is 6. The van der Waals surface area contributed by atoms with Gasteiger partial charge in [0, 0.05) is 0 Å². The van der Waals surface area contributed by atoms with Crippen molar-refractivity contribution in [2.45, 2.75) is 37.4 Å². The molecule has 0 heterocycles. The van der Waals surface area contributed by atoms with Gasteiger partial charge in [-0.05, 0) is 19.3 Å². The summed E-state index contributed by atoms with van der Waals surface area (Å²) in [6, 6.07) is 0. The Balaban J connectivity index is 2.32. The Kier molecular flexibility index (Phi) is 4.89. The summed E-state index contributed by atoms with van der Waals surface area (Å²) in [5.41, 5.74) is -0.748. The number of thioether (sulfide) groups is 1. The van der Waals surface area contributed by atoms with Gasteiger partial charge in [-0.25, -0.2) is 0 Å². The predicted molar refractivity (Wildman–Crippen MR) is 60.4 cm³/mol. The lowest BCUT2D eigenvalue weighted by atomic mass is 9.74. The van der Waals surface area contributed by atoms with E-state index in [9.17, 15) is 22.8 Å². The van der Waals surface area contributed by atoms with Gasteiger partial charge >= 0.3 is 12.1 Å². The van der Waals surface area contributed by atoms with E-state index in [4.69, 9.17) is 5.11 Å². The van der Waals surface area contributed by atoms with Crippen LogP contribution >= 0.6 is 11.8 Å². The molecule has 1 rings (SSSR count). The van der Waals surface area contributed by atoms with Crippen LogP contribution in [0.3, 0.4) is 0 Å². The van der Waals surface area contributed by atoms with Crippen molar-refractivity contribution in [1.29, 1.82) is 0 Å². The number of hydrogen-bond donors (Lipinski definition) is 2. The van der Waals surface area contributed by atoms with Crippen LogP contribution in [0.25, 0.3) is 0 Å². The van der Waals surface area contributed by atoms with Crippen LogP contribution in [-0.4, -0.2) is 40.2 Å². The maximum atomic E-state index is 11.9. The molecule has 18 heavy (non-hydrogen) atoms. The molecule has 0 radical (unpaired) electrons. The molecule has 0 bridgehead atoms. The van der Waals surface area contributed by atoms with Gasteiger partial charge in [0.05, 0.1) is 23.5 Å². The summed E-state index contributed by atoms with van der Waals surface area (Å²) in [4.78, 5) is 22.1. The van der Waals surface area contributed by atoms with E-state index >= 15 is 0 Å². The van der Waals surface area contributed by atoms with Gasteiger partial charge in [0.25, 0.3) is 0 Å². The van der Waals surface area contributed by atoms with E-state index in [1.165, 1.54) is 0 Å². The van der Waals surface area contributed by atoms with Crippen molar-refractivity contribution in [2.24, 2.45) is 0 Å². The number of halogens is 3. The minimum atomic E-state index is -4.29. The molecule has 1 aliphatic rings. The molecule has 0 aliphatic heterocycles. The van der Waals surface area contributed by atoms with E-state index < -0.39 is 29.3 Å². The van der Waals surface area contributed by atoms with Crippen molar-refractivity contribution in [2.75, 3.05) is 11.5 Å². The minimum Gasteiger partial charge on any atom is -0.481 e. The Labute approximate surface area is 106 Å². The molecule has 8 heteroatoms. The molecule has 4 nitrogen and oxygen atoms in total. The zero-order valence-electron chi connectivity index (χ0n) is 9.55. The van der Waals surface area contributed by atoms with Gasteiger partial charge in [0.1, 0.15) is 0 Å². The molecule has 1 aliphatic carbocycles. The molecule has 0 atom stereocenters. The molecule has 1 fully saturated rings. The predicted octanol–water partition coefficient (Wildman–Crippen LogP) is 1.80. The average Bonchev–Trinajstić information content (AvgIpc) is 2.11. The number of aliphatic carboxylic acids is 1. The SMILES string of the molecule is O=C(O)CC1(NC(=O)CSCC(F)(F)F)CCC1. The highest BCUT2D eigenvalue weighted by molar-refractivity contribution is 8.00. The highest BCUT2D eigenvalue weighted by Gasteiger charge is 2.40. The lowest BCUT2D eigenvalue weighted by Crippen LogP contribution is -2.55. The van der Waals surface area contributed by atoms with E-state index in [2.05, 4.69) is 5.32 Å². The van der Waals surface area contributed by atoms with Crippen molar-refractivity contribution in [3.63, 3.8) is 0 Å². The van der Waals surface area contributed by atoms with Gasteiger partial charge in [0.2, 0.25) is 5.91 Å². The summed E-state index contributed by atoms with van der Waals surface area (Å²) in [7, 11) is 0. The first-order chi connectivity index (χ1) is 8.22. The summed E-state index contributed by atoms with van der Waals surface area (Å²) < 4.78 is 35.6. The van der Waals surface area contributed by atoms with Crippen molar-refractivity contribution in [1.82, 2.24) is 5.32 Å². The summed E-state index contributed by atoms with van der Waals surface area (Å²) in [5.74, 6) is -2.93. The van der Waals surface area contributed by atoms with Crippen LogP contribution in [0.1, 0.15) is 25.7 Å². The molecule has 0 aromatic rings. The Hall–Kier alpha value is -0.920. The van der Waals surface area contributed by atoms with E-state index in [0.717, 1.165) is 6.42 Å². The van der Waals surface area contributed by atoms with Crippen LogP contribution < -0.4 is 5.32 Å². The zero-order chi connectivity index (χ0) is 13.8. The second kappa shape index (κ2) is 5.81. The minimum absolute atomic E-state index is 0.178. The van der Waals surface area contributed by atoms with Crippen molar-refractivity contribution < 1.29 is 27.9 Å². The molecule has 0 saturated heterocycles. The molecule has 0 aromatic carbocycles. The second-order valence-corrected chi connectivity index (χ2v) is 5.35. The van der Waals surface area contributed by atoms with Crippen molar-refractivity contribution in [3.8, 4) is 0 Å². The maximum absolute atomic E-state index is 11.9. The molecule has 0 aromatic heterocycles. The quantitative estimate of drug-likeness (QED) is 0.781. The third-order valence-corrected chi connectivity index (χ3v) is 3.70. The largest absolute Gasteiger partial charge is 0.481 e. The zero-order valence-corrected chi connectivity index (χ0v) is 10.4. The van der Waals surface area contributed by atoms with E-state index in [-0.39, 0.29) is 12.2 Å². The normalized spacial score (nSPS) is 17.9. The Morgan fingerprint density at radius 1 is 1.33 bits per heavy atom. The third-order valence-electron chi connectivity index (χ3n) is 2.70. The molecule has 0 unspecified atom stereocenters. The van der Waals surface area contributed by atoms with Crippen LogP contribution in [0.4, 0.5) is 13.2 Å². The molecule has 1 amide bonds. The summed E-state index contributed by atoms with van der Waals surface area (Å²) in [6.45, 7) is 0. The third kappa shape index (κ3) is 5.16. The highest BCUT2D eigenvalue weighted by atomic mass is 32.2. The lowest BCUT2D eigenvalue weighted by Gasteiger charge is -2.41. The highest BCUT2D eigenvalue weighted by Crippen LogP contribution is 2.35.